The molecule has 0 fully saturated rings. The van der Waals surface area contributed by atoms with Crippen LogP contribution in [-0.4, -0.2) is 43.3 Å². The van der Waals surface area contributed by atoms with E-state index in [2.05, 4.69) is 20.8 Å². The van der Waals surface area contributed by atoms with E-state index in [4.69, 9.17) is 9.84 Å². The number of ether oxygens (including phenoxy) is 1. The van der Waals surface area contributed by atoms with Gasteiger partial charge in [0.15, 0.2) is 6.10 Å². The van der Waals surface area contributed by atoms with Gasteiger partial charge in [0.2, 0.25) is 0 Å². The van der Waals surface area contributed by atoms with Crippen molar-refractivity contribution < 1.29 is 19.4 Å². The zero-order valence-corrected chi connectivity index (χ0v) is 14.4. The summed E-state index contributed by atoms with van der Waals surface area (Å²) < 4.78 is 7.15. The second-order valence-electron chi connectivity index (χ2n) is 5.73. The lowest BCUT2D eigenvalue weighted by molar-refractivity contribution is -0.127. The standard InChI is InChI=1S/C18H17N5O4/c1-12(17(24)19-10-13-2-4-14(5-3-13)18(25)26)27-16-8-6-15(7-9-16)23-11-20-21-22-23/h2-9,11-12H,10H2,1H3,(H,19,24)(H,25,26)/t12-/m1/s1. The summed E-state index contributed by atoms with van der Waals surface area (Å²) in [6, 6.07) is 13.3. The maximum atomic E-state index is 12.2. The molecule has 0 spiro atoms. The van der Waals surface area contributed by atoms with Gasteiger partial charge in [-0.3, -0.25) is 4.79 Å². The lowest BCUT2D eigenvalue weighted by Crippen LogP contribution is -2.35. The Bertz CT molecular complexity index is 908. The molecule has 0 bridgehead atoms. The molecule has 27 heavy (non-hydrogen) atoms. The Balaban J connectivity index is 1.52. The average Bonchev–Trinajstić information content (AvgIpc) is 3.21. The van der Waals surface area contributed by atoms with Crippen LogP contribution in [0.3, 0.4) is 0 Å². The summed E-state index contributed by atoms with van der Waals surface area (Å²) in [5, 5.41) is 22.6. The fourth-order valence-corrected chi connectivity index (χ4v) is 2.31. The van der Waals surface area contributed by atoms with Gasteiger partial charge < -0.3 is 15.2 Å². The van der Waals surface area contributed by atoms with Crippen LogP contribution in [0.4, 0.5) is 0 Å². The van der Waals surface area contributed by atoms with E-state index in [1.54, 1.807) is 43.3 Å². The highest BCUT2D eigenvalue weighted by Crippen LogP contribution is 2.16. The summed E-state index contributed by atoms with van der Waals surface area (Å²) in [6.45, 7) is 1.93. The monoisotopic (exact) mass is 367 g/mol. The van der Waals surface area contributed by atoms with Crippen LogP contribution in [0.1, 0.15) is 22.8 Å². The van der Waals surface area contributed by atoms with Gasteiger partial charge in [-0.1, -0.05) is 12.1 Å². The molecule has 2 N–H and O–H groups in total. The van der Waals surface area contributed by atoms with E-state index < -0.39 is 12.1 Å². The highest BCUT2D eigenvalue weighted by molar-refractivity contribution is 5.87. The summed E-state index contributed by atoms with van der Waals surface area (Å²) in [5.74, 6) is -0.721. The fourth-order valence-electron chi connectivity index (χ4n) is 2.31. The quantitative estimate of drug-likeness (QED) is 0.648. The number of hydrogen-bond acceptors (Lipinski definition) is 6. The van der Waals surface area contributed by atoms with Gasteiger partial charge in [-0.05, 0) is 59.3 Å². The number of amides is 1. The smallest absolute Gasteiger partial charge is 0.335 e. The Kier molecular flexibility index (Phi) is 5.41. The summed E-state index contributed by atoms with van der Waals surface area (Å²) in [5.41, 5.74) is 1.77. The molecule has 0 aliphatic carbocycles. The van der Waals surface area contributed by atoms with E-state index >= 15 is 0 Å². The zero-order chi connectivity index (χ0) is 19.2. The van der Waals surface area contributed by atoms with Crippen molar-refractivity contribution in [3.8, 4) is 11.4 Å². The van der Waals surface area contributed by atoms with Crippen molar-refractivity contribution in [2.24, 2.45) is 0 Å². The van der Waals surface area contributed by atoms with E-state index in [1.165, 1.54) is 23.1 Å². The zero-order valence-electron chi connectivity index (χ0n) is 14.4. The van der Waals surface area contributed by atoms with Crippen molar-refractivity contribution in [1.82, 2.24) is 25.5 Å². The van der Waals surface area contributed by atoms with Gasteiger partial charge >= 0.3 is 5.97 Å². The summed E-state index contributed by atoms with van der Waals surface area (Å²) >= 11 is 0. The van der Waals surface area contributed by atoms with Crippen LogP contribution < -0.4 is 10.1 Å². The van der Waals surface area contributed by atoms with Crippen molar-refractivity contribution in [3.63, 3.8) is 0 Å². The van der Waals surface area contributed by atoms with Crippen LogP contribution >= 0.6 is 0 Å². The molecule has 3 rings (SSSR count). The normalized spacial score (nSPS) is 11.6. The maximum absolute atomic E-state index is 12.2. The Hall–Kier alpha value is -3.75. The molecule has 0 aliphatic heterocycles. The lowest BCUT2D eigenvalue weighted by Gasteiger charge is -2.15. The number of aromatic nitrogens is 4. The third kappa shape index (κ3) is 4.66. The molecule has 0 saturated heterocycles. The van der Waals surface area contributed by atoms with E-state index in [9.17, 15) is 9.59 Å². The predicted octanol–water partition coefficient (Wildman–Crippen LogP) is 1.44. The number of nitrogens with zero attached hydrogens (tertiary/aromatic N) is 4. The van der Waals surface area contributed by atoms with Crippen LogP contribution in [0, 0.1) is 0 Å². The molecule has 0 unspecified atom stereocenters. The number of carboxylic acids is 1. The second-order valence-corrected chi connectivity index (χ2v) is 5.73. The first-order valence-electron chi connectivity index (χ1n) is 8.13. The van der Waals surface area contributed by atoms with Crippen LogP contribution in [0.15, 0.2) is 54.9 Å². The Labute approximate surface area is 154 Å². The minimum absolute atomic E-state index is 0.201. The number of nitrogens with one attached hydrogen (secondary N) is 1. The van der Waals surface area contributed by atoms with Crippen molar-refractivity contribution in [3.05, 3.63) is 66.0 Å². The Morgan fingerprint density at radius 2 is 1.85 bits per heavy atom. The van der Waals surface area contributed by atoms with Crippen molar-refractivity contribution in [1.29, 1.82) is 0 Å². The molecule has 1 aromatic heterocycles. The molecular weight excluding hydrogens is 350 g/mol. The third-order valence-electron chi connectivity index (χ3n) is 3.80. The molecule has 9 heteroatoms. The number of carbonyl (C=O) groups excluding carboxylic acids is 1. The van der Waals surface area contributed by atoms with Gasteiger partial charge in [0, 0.05) is 6.54 Å². The van der Waals surface area contributed by atoms with Crippen LogP contribution in [0.25, 0.3) is 5.69 Å². The van der Waals surface area contributed by atoms with E-state index in [0.29, 0.717) is 5.75 Å². The van der Waals surface area contributed by atoms with Crippen LogP contribution in [0.5, 0.6) is 5.75 Å². The van der Waals surface area contributed by atoms with Crippen molar-refractivity contribution in [2.45, 2.75) is 19.6 Å². The van der Waals surface area contributed by atoms with Crippen LogP contribution in [-0.2, 0) is 11.3 Å². The van der Waals surface area contributed by atoms with Gasteiger partial charge in [0.1, 0.15) is 12.1 Å². The largest absolute Gasteiger partial charge is 0.481 e. The van der Waals surface area contributed by atoms with E-state index in [0.717, 1.165) is 11.3 Å². The number of benzene rings is 2. The molecule has 3 aromatic rings. The highest BCUT2D eigenvalue weighted by Gasteiger charge is 2.14. The molecule has 9 nitrogen and oxygen atoms in total. The Morgan fingerprint density at radius 3 is 2.44 bits per heavy atom. The fraction of sp³-hybridized carbons (Fsp3) is 0.167. The number of aromatic carboxylic acids is 1. The van der Waals surface area contributed by atoms with Crippen molar-refractivity contribution >= 4 is 11.9 Å². The molecule has 138 valence electrons. The highest BCUT2D eigenvalue weighted by atomic mass is 16.5. The van der Waals surface area contributed by atoms with Gasteiger partial charge in [0.25, 0.3) is 5.91 Å². The number of carboxylic acid groups (broad SMARTS) is 1. The second kappa shape index (κ2) is 8.09. The summed E-state index contributed by atoms with van der Waals surface area (Å²) in [6.07, 6.45) is 0.789. The molecule has 1 atom stereocenters. The first-order chi connectivity index (χ1) is 13.0. The molecule has 0 saturated carbocycles. The van der Waals surface area contributed by atoms with E-state index in [1.807, 2.05) is 0 Å². The first kappa shape index (κ1) is 18.1. The maximum Gasteiger partial charge on any atom is 0.335 e. The molecule has 1 amide bonds. The number of tetrazole rings is 1. The molecule has 0 aliphatic rings. The average molecular weight is 367 g/mol. The first-order valence-corrected chi connectivity index (χ1v) is 8.13. The number of carbonyl (C=O) groups is 2. The molecular formula is C18H17N5O4. The molecule has 1 heterocycles. The van der Waals surface area contributed by atoms with Gasteiger partial charge in [0.05, 0.1) is 11.3 Å². The minimum Gasteiger partial charge on any atom is -0.481 e. The predicted molar refractivity (Wildman–Crippen MR) is 94.5 cm³/mol. The number of rotatable bonds is 7. The Morgan fingerprint density at radius 1 is 1.15 bits per heavy atom. The van der Waals surface area contributed by atoms with Gasteiger partial charge in [-0.25, -0.2) is 9.48 Å². The molecule has 2 aromatic carbocycles. The van der Waals surface area contributed by atoms with Gasteiger partial charge in [-0.15, -0.1) is 5.10 Å². The summed E-state index contributed by atoms with van der Waals surface area (Å²) in [4.78, 5) is 23.0. The number of hydrogen-bond donors (Lipinski definition) is 2. The van der Waals surface area contributed by atoms with E-state index in [-0.39, 0.29) is 18.0 Å². The third-order valence-corrected chi connectivity index (χ3v) is 3.80. The molecule has 0 radical (unpaired) electrons. The topological polar surface area (TPSA) is 119 Å². The lowest BCUT2D eigenvalue weighted by atomic mass is 10.1. The minimum atomic E-state index is -0.987. The van der Waals surface area contributed by atoms with Crippen molar-refractivity contribution in [2.75, 3.05) is 0 Å². The SMILES string of the molecule is C[C@@H](Oc1ccc(-n2cnnn2)cc1)C(=O)NCc1ccc(C(=O)O)cc1. The summed E-state index contributed by atoms with van der Waals surface area (Å²) in [7, 11) is 0. The van der Waals surface area contributed by atoms with Crippen LogP contribution in [0.2, 0.25) is 0 Å². The van der Waals surface area contributed by atoms with Gasteiger partial charge in [-0.2, -0.15) is 0 Å².